The minimum atomic E-state index is -0.455. The van der Waals surface area contributed by atoms with E-state index in [4.69, 9.17) is 0 Å². The molecule has 0 bridgehead atoms. The molecule has 0 atom stereocenters. The molecule has 4 heteroatoms. The van der Waals surface area contributed by atoms with Gasteiger partial charge in [-0.15, -0.1) is 0 Å². The van der Waals surface area contributed by atoms with Gasteiger partial charge in [-0.05, 0) is 43.2 Å². The van der Waals surface area contributed by atoms with E-state index in [9.17, 15) is 15.4 Å². The van der Waals surface area contributed by atoms with E-state index in [0.717, 1.165) is 16.7 Å². The molecule has 0 N–H and O–H groups in total. The van der Waals surface area contributed by atoms with Crippen LogP contribution in [-0.4, -0.2) is 4.92 Å². The summed E-state index contributed by atoms with van der Waals surface area (Å²) in [5.41, 5.74) is 4.37. The highest BCUT2D eigenvalue weighted by Crippen LogP contribution is 2.21. The van der Waals surface area contributed by atoms with Gasteiger partial charge in [-0.25, -0.2) is 0 Å². The lowest BCUT2D eigenvalue weighted by atomic mass is 10.0. The molecule has 0 unspecified atom stereocenters. The van der Waals surface area contributed by atoms with Gasteiger partial charge in [0, 0.05) is 12.1 Å². The number of allylic oxidation sites excluding steroid dienone is 1. The average Bonchev–Trinajstić information content (AvgIpc) is 2.44. The lowest BCUT2D eigenvalue weighted by Gasteiger charge is -2.03. The number of nitro benzene ring substituents is 1. The molecule has 4 nitrogen and oxygen atoms in total. The minimum Gasteiger partial charge on any atom is -0.258 e. The van der Waals surface area contributed by atoms with E-state index in [1.807, 2.05) is 26.0 Å². The van der Waals surface area contributed by atoms with Crippen molar-refractivity contribution in [3.05, 3.63) is 74.8 Å². The smallest absolute Gasteiger partial charge is 0.258 e. The predicted molar refractivity (Wildman–Crippen MR) is 82.5 cm³/mol. The lowest BCUT2D eigenvalue weighted by Crippen LogP contribution is -1.89. The second-order valence-electron chi connectivity index (χ2n) is 4.89. The summed E-state index contributed by atoms with van der Waals surface area (Å²) < 4.78 is 0. The van der Waals surface area contributed by atoms with E-state index in [2.05, 4.69) is 12.1 Å². The number of hydrogen-bond donors (Lipinski definition) is 0. The third-order valence-corrected chi connectivity index (χ3v) is 3.06. The average molecular weight is 278 g/mol. The Morgan fingerprint density at radius 3 is 2.19 bits per heavy atom. The van der Waals surface area contributed by atoms with Gasteiger partial charge < -0.3 is 0 Å². The lowest BCUT2D eigenvalue weighted by molar-refractivity contribution is -0.384. The number of hydrogen-bond acceptors (Lipinski definition) is 3. The molecule has 0 radical (unpaired) electrons. The van der Waals surface area contributed by atoms with E-state index >= 15 is 0 Å². The van der Waals surface area contributed by atoms with E-state index in [1.165, 1.54) is 12.1 Å². The van der Waals surface area contributed by atoms with Crippen LogP contribution in [0.4, 0.5) is 5.69 Å². The van der Waals surface area contributed by atoms with Gasteiger partial charge in [-0.2, -0.15) is 5.26 Å². The number of aryl methyl sites for hydroxylation is 2. The third-order valence-electron chi connectivity index (χ3n) is 3.06. The fraction of sp³-hybridized carbons (Fsp3) is 0.118. The van der Waals surface area contributed by atoms with Crippen LogP contribution in [0.1, 0.15) is 22.3 Å². The quantitative estimate of drug-likeness (QED) is 0.364. The van der Waals surface area contributed by atoms with Crippen molar-refractivity contribution in [1.29, 1.82) is 5.26 Å². The van der Waals surface area contributed by atoms with Gasteiger partial charge in [0.05, 0.1) is 16.6 Å². The zero-order chi connectivity index (χ0) is 15.4. The number of non-ortho nitro benzene ring substituents is 1. The van der Waals surface area contributed by atoms with E-state index < -0.39 is 4.92 Å². The molecule has 0 saturated heterocycles. The molecule has 0 aliphatic carbocycles. The minimum absolute atomic E-state index is 0.0161. The molecule has 0 aromatic heterocycles. The Labute approximate surface area is 123 Å². The van der Waals surface area contributed by atoms with E-state index in [0.29, 0.717) is 11.1 Å². The number of benzene rings is 2. The zero-order valence-corrected chi connectivity index (χ0v) is 11.8. The number of rotatable bonds is 3. The van der Waals surface area contributed by atoms with Crippen LogP contribution in [0.15, 0.2) is 42.5 Å². The van der Waals surface area contributed by atoms with Gasteiger partial charge in [0.15, 0.2) is 0 Å². The molecule has 0 heterocycles. The standard InChI is InChI=1S/C17H14N2O2/c1-12-7-13(2)9-14(8-12)10-16(11-18)15-3-5-17(6-4-15)19(20)21/h3-10H,1-2H3/b16-10-. The van der Waals surface area contributed by atoms with Crippen molar-refractivity contribution in [1.82, 2.24) is 0 Å². The van der Waals surface area contributed by atoms with Gasteiger partial charge >= 0.3 is 0 Å². The van der Waals surface area contributed by atoms with Crippen molar-refractivity contribution in [3.8, 4) is 6.07 Å². The van der Waals surface area contributed by atoms with Crippen molar-refractivity contribution in [2.45, 2.75) is 13.8 Å². The molecule has 104 valence electrons. The van der Waals surface area contributed by atoms with Gasteiger partial charge in [0.1, 0.15) is 0 Å². The number of nitro groups is 1. The molecule has 21 heavy (non-hydrogen) atoms. The molecule has 0 aliphatic heterocycles. The zero-order valence-electron chi connectivity index (χ0n) is 11.8. The van der Waals surface area contributed by atoms with Gasteiger partial charge in [0.2, 0.25) is 0 Å². The Morgan fingerprint density at radius 2 is 1.71 bits per heavy atom. The van der Waals surface area contributed by atoms with Crippen LogP contribution in [0, 0.1) is 35.3 Å². The van der Waals surface area contributed by atoms with Crippen LogP contribution in [-0.2, 0) is 0 Å². The summed E-state index contributed by atoms with van der Waals surface area (Å²) in [5, 5.41) is 19.9. The summed E-state index contributed by atoms with van der Waals surface area (Å²) in [7, 11) is 0. The van der Waals surface area contributed by atoms with Gasteiger partial charge in [-0.1, -0.05) is 29.3 Å². The maximum Gasteiger partial charge on any atom is 0.269 e. The molecule has 0 fully saturated rings. The van der Waals surface area contributed by atoms with Crippen molar-refractivity contribution < 1.29 is 4.92 Å². The van der Waals surface area contributed by atoms with Crippen LogP contribution in [0.5, 0.6) is 0 Å². The molecule has 0 saturated carbocycles. The predicted octanol–water partition coefficient (Wildman–Crippen LogP) is 4.28. The molecule has 2 rings (SSSR count). The molecular weight excluding hydrogens is 264 g/mol. The fourth-order valence-electron chi connectivity index (χ4n) is 2.20. The van der Waals surface area contributed by atoms with Crippen molar-refractivity contribution in [3.63, 3.8) is 0 Å². The highest BCUT2D eigenvalue weighted by molar-refractivity contribution is 5.89. The second-order valence-corrected chi connectivity index (χ2v) is 4.89. The molecule has 2 aromatic carbocycles. The summed E-state index contributed by atoms with van der Waals surface area (Å²) >= 11 is 0. The van der Waals surface area contributed by atoms with Crippen LogP contribution in [0.2, 0.25) is 0 Å². The van der Waals surface area contributed by atoms with E-state index in [1.54, 1.807) is 18.2 Å². The highest BCUT2D eigenvalue weighted by Gasteiger charge is 2.07. The first-order chi connectivity index (χ1) is 9.99. The third kappa shape index (κ3) is 3.54. The fourth-order valence-corrected chi connectivity index (χ4v) is 2.20. The van der Waals surface area contributed by atoms with Gasteiger partial charge in [0.25, 0.3) is 5.69 Å². The molecular formula is C17H14N2O2. The van der Waals surface area contributed by atoms with Gasteiger partial charge in [-0.3, -0.25) is 10.1 Å². The Balaban J connectivity index is 2.41. The Bertz CT molecular complexity index is 733. The van der Waals surface area contributed by atoms with Crippen LogP contribution in [0.25, 0.3) is 11.6 Å². The largest absolute Gasteiger partial charge is 0.269 e. The highest BCUT2D eigenvalue weighted by atomic mass is 16.6. The molecule has 0 aliphatic rings. The maximum atomic E-state index is 10.6. The monoisotopic (exact) mass is 278 g/mol. The van der Waals surface area contributed by atoms with Crippen LogP contribution < -0.4 is 0 Å². The molecule has 0 spiro atoms. The van der Waals surface area contributed by atoms with Crippen LogP contribution in [0.3, 0.4) is 0 Å². The first-order valence-corrected chi connectivity index (χ1v) is 6.44. The SMILES string of the molecule is Cc1cc(C)cc(/C=C(/C#N)c2ccc([N+](=O)[O-])cc2)c1. The second kappa shape index (κ2) is 6.02. The summed E-state index contributed by atoms with van der Waals surface area (Å²) in [6.45, 7) is 4.00. The number of nitrogens with zero attached hydrogens (tertiary/aromatic N) is 2. The first-order valence-electron chi connectivity index (χ1n) is 6.44. The summed E-state index contributed by atoms with van der Waals surface area (Å²) in [5.74, 6) is 0. The van der Waals surface area contributed by atoms with Crippen molar-refractivity contribution >= 4 is 17.3 Å². The van der Waals surface area contributed by atoms with Crippen LogP contribution >= 0.6 is 0 Å². The topological polar surface area (TPSA) is 66.9 Å². The summed E-state index contributed by atoms with van der Waals surface area (Å²) in [6, 6.07) is 14.2. The van der Waals surface area contributed by atoms with Crippen molar-refractivity contribution in [2.75, 3.05) is 0 Å². The normalized spacial score (nSPS) is 11.0. The molecule has 2 aromatic rings. The van der Waals surface area contributed by atoms with Crippen molar-refractivity contribution in [2.24, 2.45) is 0 Å². The maximum absolute atomic E-state index is 10.6. The first kappa shape index (κ1) is 14.5. The Morgan fingerprint density at radius 1 is 1.14 bits per heavy atom. The Kier molecular flexibility index (Phi) is 4.15. The Hall–Kier alpha value is -2.93. The number of nitriles is 1. The summed E-state index contributed by atoms with van der Waals surface area (Å²) in [4.78, 5) is 10.2. The summed E-state index contributed by atoms with van der Waals surface area (Å²) in [6.07, 6.45) is 1.79. The van der Waals surface area contributed by atoms with E-state index in [-0.39, 0.29) is 5.69 Å². The molecule has 0 amide bonds.